The van der Waals surface area contributed by atoms with Gasteiger partial charge in [-0.05, 0) is 53.0 Å². The van der Waals surface area contributed by atoms with Crippen LogP contribution in [-0.2, 0) is 10.0 Å². The molecule has 1 aliphatic rings. The van der Waals surface area contributed by atoms with Crippen LogP contribution in [0.2, 0.25) is 13.1 Å². The van der Waals surface area contributed by atoms with Gasteiger partial charge in [-0.3, -0.25) is 0 Å². The fraction of sp³-hybridized carbons (Fsp3) is 0.161. The van der Waals surface area contributed by atoms with Crippen molar-refractivity contribution in [3.63, 3.8) is 0 Å². The van der Waals surface area contributed by atoms with E-state index < -0.39 is 20.0 Å². The molecule has 1 fully saturated rings. The standard InChI is InChI=1S/C31H30O2Si/c1-23-19-21-25(22-20-23)28(24-13-7-4-8-14-24)29-30(32)31(33-34(29,2)3,26-15-9-5-10-16-26)27-17-11-6-12-18-27/h4-22,30,32H,1-3H3/b29-28+. The molecule has 1 N–H and O–H groups in total. The summed E-state index contributed by atoms with van der Waals surface area (Å²) in [6.45, 7) is 6.51. The van der Waals surface area contributed by atoms with Gasteiger partial charge in [0.1, 0.15) is 11.7 Å². The molecule has 34 heavy (non-hydrogen) atoms. The van der Waals surface area contributed by atoms with E-state index >= 15 is 0 Å². The molecule has 0 amide bonds. The van der Waals surface area contributed by atoms with Crippen LogP contribution in [0.3, 0.4) is 0 Å². The average molecular weight is 463 g/mol. The molecule has 1 saturated heterocycles. The Morgan fingerprint density at radius 3 is 1.62 bits per heavy atom. The van der Waals surface area contributed by atoms with E-state index in [1.807, 2.05) is 42.5 Å². The highest BCUT2D eigenvalue weighted by Crippen LogP contribution is 2.52. The fourth-order valence-electron chi connectivity index (χ4n) is 5.26. The predicted molar refractivity (Wildman–Crippen MR) is 142 cm³/mol. The number of rotatable bonds is 4. The minimum atomic E-state index is -2.55. The van der Waals surface area contributed by atoms with E-state index in [1.54, 1.807) is 0 Å². The molecular formula is C31H30O2Si. The van der Waals surface area contributed by atoms with Gasteiger partial charge in [0, 0.05) is 0 Å². The molecule has 0 bridgehead atoms. The van der Waals surface area contributed by atoms with Gasteiger partial charge in [0.05, 0.1) is 0 Å². The van der Waals surface area contributed by atoms with Crippen LogP contribution >= 0.6 is 0 Å². The Hall–Kier alpha value is -3.24. The van der Waals surface area contributed by atoms with Crippen molar-refractivity contribution in [2.75, 3.05) is 0 Å². The van der Waals surface area contributed by atoms with E-state index in [0.29, 0.717) is 0 Å². The maximum Gasteiger partial charge on any atom is 0.219 e. The Balaban J connectivity index is 1.84. The van der Waals surface area contributed by atoms with Crippen molar-refractivity contribution < 1.29 is 9.53 Å². The monoisotopic (exact) mass is 462 g/mol. The third-order valence-electron chi connectivity index (χ3n) is 6.80. The third-order valence-corrected chi connectivity index (χ3v) is 9.45. The molecule has 2 nitrogen and oxygen atoms in total. The van der Waals surface area contributed by atoms with Gasteiger partial charge < -0.3 is 9.53 Å². The average Bonchev–Trinajstić information content (AvgIpc) is 3.09. The third kappa shape index (κ3) is 3.76. The highest BCUT2D eigenvalue weighted by molar-refractivity contribution is 6.80. The van der Waals surface area contributed by atoms with E-state index in [-0.39, 0.29) is 0 Å². The normalized spacial score (nSPS) is 20.2. The molecule has 0 aliphatic carbocycles. The zero-order chi connectivity index (χ0) is 23.8. The Kier molecular flexibility index (Phi) is 5.86. The summed E-state index contributed by atoms with van der Waals surface area (Å²) in [7, 11) is -2.55. The smallest absolute Gasteiger partial charge is 0.219 e. The first-order chi connectivity index (χ1) is 16.4. The summed E-state index contributed by atoms with van der Waals surface area (Å²) in [5, 5.41) is 13.4. The Morgan fingerprint density at radius 2 is 1.12 bits per heavy atom. The van der Waals surface area contributed by atoms with Crippen molar-refractivity contribution in [2.45, 2.75) is 31.7 Å². The van der Waals surface area contributed by atoms with Crippen LogP contribution in [0.4, 0.5) is 0 Å². The van der Waals surface area contributed by atoms with Crippen LogP contribution in [0.5, 0.6) is 0 Å². The van der Waals surface area contributed by atoms with Crippen LogP contribution < -0.4 is 0 Å². The van der Waals surface area contributed by atoms with Crippen molar-refractivity contribution in [3.8, 4) is 0 Å². The molecule has 5 rings (SSSR count). The highest BCUT2D eigenvalue weighted by atomic mass is 28.4. The first kappa shape index (κ1) is 22.5. The van der Waals surface area contributed by atoms with Gasteiger partial charge in [0.2, 0.25) is 8.32 Å². The number of aliphatic hydroxyl groups excluding tert-OH is 1. The zero-order valence-electron chi connectivity index (χ0n) is 19.9. The summed E-state index contributed by atoms with van der Waals surface area (Å²) in [5.41, 5.74) is 5.48. The van der Waals surface area contributed by atoms with Crippen molar-refractivity contribution in [2.24, 2.45) is 0 Å². The number of aryl methyl sites for hydroxylation is 1. The van der Waals surface area contributed by atoms with Gasteiger partial charge in [-0.15, -0.1) is 0 Å². The minimum absolute atomic E-state index is 0.824. The maximum atomic E-state index is 12.3. The lowest BCUT2D eigenvalue weighted by atomic mass is 9.80. The topological polar surface area (TPSA) is 29.5 Å². The van der Waals surface area contributed by atoms with Crippen LogP contribution in [0.1, 0.15) is 27.8 Å². The van der Waals surface area contributed by atoms with E-state index in [4.69, 9.17) is 4.43 Å². The number of hydrogen-bond donors (Lipinski definition) is 1. The highest BCUT2D eigenvalue weighted by Gasteiger charge is 2.58. The first-order valence-electron chi connectivity index (χ1n) is 11.8. The molecule has 0 spiro atoms. The van der Waals surface area contributed by atoms with Crippen LogP contribution in [-0.4, -0.2) is 19.5 Å². The van der Waals surface area contributed by atoms with Gasteiger partial charge in [0.25, 0.3) is 0 Å². The lowest BCUT2D eigenvalue weighted by molar-refractivity contribution is 0.0162. The summed E-state index contributed by atoms with van der Waals surface area (Å²) in [4.78, 5) is 0. The Morgan fingerprint density at radius 1 is 0.676 bits per heavy atom. The maximum absolute atomic E-state index is 12.3. The van der Waals surface area contributed by atoms with E-state index in [0.717, 1.165) is 33.0 Å². The molecule has 1 unspecified atom stereocenters. The molecule has 1 atom stereocenters. The van der Waals surface area contributed by atoms with Gasteiger partial charge in [0.15, 0.2) is 0 Å². The predicted octanol–water partition coefficient (Wildman–Crippen LogP) is 6.88. The molecule has 170 valence electrons. The second kappa shape index (κ2) is 8.84. The fourth-order valence-corrected chi connectivity index (χ4v) is 8.27. The van der Waals surface area contributed by atoms with Crippen molar-refractivity contribution in [1.29, 1.82) is 0 Å². The van der Waals surface area contributed by atoms with Gasteiger partial charge >= 0.3 is 0 Å². The van der Waals surface area contributed by atoms with Crippen molar-refractivity contribution in [3.05, 3.63) is 148 Å². The van der Waals surface area contributed by atoms with Gasteiger partial charge in [-0.2, -0.15) is 0 Å². The number of hydrogen-bond acceptors (Lipinski definition) is 2. The van der Waals surface area contributed by atoms with Crippen LogP contribution in [0.25, 0.3) is 5.57 Å². The van der Waals surface area contributed by atoms with Gasteiger partial charge in [-0.1, -0.05) is 121 Å². The second-order valence-electron chi connectivity index (χ2n) is 9.50. The Labute approximate surface area is 203 Å². The minimum Gasteiger partial charge on any atom is -0.397 e. The quantitative estimate of drug-likeness (QED) is 0.335. The molecule has 3 heteroatoms. The molecule has 0 saturated carbocycles. The molecule has 1 heterocycles. The molecule has 4 aromatic rings. The summed E-state index contributed by atoms with van der Waals surface area (Å²) < 4.78 is 7.11. The SMILES string of the molecule is Cc1ccc(/C(=C2\C(O)C(c3ccccc3)(c3ccccc3)O[Si]2(C)C)c2ccccc2)cc1. The molecular weight excluding hydrogens is 432 g/mol. The molecule has 1 aliphatic heterocycles. The van der Waals surface area contributed by atoms with Crippen LogP contribution in [0, 0.1) is 6.92 Å². The Bertz CT molecular complexity index is 1250. The zero-order valence-corrected chi connectivity index (χ0v) is 20.9. The second-order valence-corrected chi connectivity index (χ2v) is 13.3. The lowest BCUT2D eigenvalue weighted by Crippen LogP contribution is -2.39. The van der Waals surface area contributed by atoms with E-state index in [9.17, 15) is 5.11 Å². The van der Waals surface area contributed by atoms with E-state index in [2.05, 4.69) is 92.8 Å². The number of aliphatic hydroxyl groups is 1. The summed E-state index contributed by atoms with van der Waals surface area (Å²) in [6, 6.07) is 39.3. The summed E-state index contributed by atoms with van der Waals surface area (Å²) in [6.07, 6.45) is -0.824. The van der Waals surface area contributed by atoms with Gasteiger partial charge in [-0.25, -0.2) is 0 Å². The molecule has 4 aromatic carbocycles. The van der Waals surface area contributed by atoms with Crippen molar-refractivity contribution >= 4 is 13.9 Å². The lowest BCUT2D eigenvalue weighted by Gasteiger charge is -2.35. The number of benzene rings is 4. The summed E-state index contributed by atoms with van der Waals surface area (Å²) in [5.74, 6) is 0. The van der Waals surface area contributed by atoms with Crippen molar-refractivity contribution in [1.82, 2.24) is 0 Å². The largest absolute Gasteiger partial charge is 0.397 e. The first-order valence-corrected chi connectivity index (χ1v) is 14.7. The van der Waals surface area contributed by atoms with E-state index in [1.165, 1.54) is 5.56 Å². The molecule has 0 aromatic heterocycles. The summed E-state index contributed by atoms with van der Waals surface area (Å²) >= 11 is 0. The molecule has 0 radical (unpaired) electrons. The van der Waals surface area contributed by atoms with Crippen LogP contribution in [0.15, 0.2) is 120 Å².